The molecule has 0 N–H and O–H groups in total. The van der Waals surface area contributed by atoms with Gasteiger partial charge in [0.2, 0.25) is 0 Å². The van der Waals surface area contributed by atoms with Gasteiger partial charge in [-0.2, -0.15) is 0 Å². The maximum absolute atomic E-state index is 12.7. The predicted octanol–water partition coefficient (Wildman–Crippen LogP) is 2.98. The molecule has 0 spiro atoms. The van der Waals surface area contributed by atoms with Gasteiger partial charge in [0.05, 0.1) is 11.9 Å². The van der Waals surface area contributed by atoms with E-state index >= 15 is 0 Å². The quantitative estimate of drug-likeness (QED) is 0.866. The third-order valence-electron chi connectivity index (χ3n) is 4.84. The number of carbonyl (C=O) groups excluding carboxylic acids is 1. The highest BCUT2D eigenvalue weighted by atomic mass is 32.1. The summed E-state index contributed by atoms with van der Waals surface area (Å²) in [6, 6.07) is 0. The number of nitrogens with zero attached hydrogens (tertiary/aromatic N) is 3. The fraction of sp³-hybridized carbons (Fsp3) is 0.647. The van der Waals surface area contributed by atoms with Gasteiger partial charge in [-0.25, -0.2) is 4.68 Å². The van der Waals surface area contributed by atoms with Gasteiger partial charge in [0.1, 0.15) is 5.78 Å². The molecule has 2 aromatic rings. The molecule has 1 unspecified atom stereocenters. The number of fused-ring (bicyclic) bond motifs is 3. The summed E-state index contributed by atoms with van der Waals surface area (Å²) in [7, 11) is 0. The molecule has 2 heterocycles. The molecule has 0 amide bonds. The first-order chi connectivity index (χ1) is 10.8. The number of hydrogen-bond acceptors (Lipinski definition) is 5. The Morgan fingerprint density at radius 2 is 2.13 bits per heavy atom. The van der Waals surface area contributed by atoms with Gasteiger partial charge in [0.15, 0.2) is 4.83 Å². The van der Waals surface area contributed by atoms with E-state index in [-0.39, 0.29) is 16.8 Å². The summed E-state index contributed by atoms with van der Waals surface area (Å²) in [4.78, 5) is 25.9. The van der Waals surface area contributed by atoms with E-state index in [0.717, 1.165) is 29.5 Å². The normalized spacial score (nSPS) is 18.2. The van der Waals surface area contributed by atoms with Crippen molar-refractivity contribution in [2.24, 2.45) is 11.3 Å². The number of aromatic nitrogens is 3. The van der Waals surface area contributed by atoms with E-state index in [1.807, 2.05) is 0 Å². The number of thiophene rings is 1. The van der Waals surface area contributed by atoms with Crippen LogP contribution in [0.25, 0.3) is 10.2 Å². The Morgan fingerprint density at radius 1 is 1.39 bits per heavy atom. The molecular formula is C17H23N3O2S. The summed E-state index contributed by atoms with van der Waals surface area (Å²) < 4.78 is 1.34. The van der Waals surface area contributed by atoms with Crippen LogP contribution in [0.4, 0.5) is 0 Å². The van der Waals surface area contributed by atoms with Gasteiger partial charge in [0.25, 0.3) is 5.56 Å². The molecule has 2 aromatic heterocycles. The van der Waals surface area contributed by atoms with Crippen molar-refractivity contribution in [3.05, 3.63) is 20.8 Å². The van der Waals surface area contributed by atoms with Crippen LogP contribution in [-0.2, 0) is 24.2 Å². The van der Waals surface area contributed by atoms with E-state index in [0.29, 0.717) is 18.9 Å². The predicted molar refractivity (Wildman–Crippen MR) is 91.9 cm³/mol. The third kappa shape index (κ3) is 3.09. The number of carbonyl (C=O) groups is 1. The van der Waals surface area contributed by atoms with Crippen molar-refractivity contribution in [1.29, 1.82) is 0 Å². The smallest absolute Gasteiger partial charge is 0.278 e. The largest absolute Gasteiger partial charge is 0.300 e. The van der Waals surface area contributed by atoms with Crippen molar-refractivity contribution in [2.45, 2.75) is 59.9 Å². The van der Waals surface area contributed by atoms with Crippen molar-refractivity contribution in [2.75, 3.05) is 0 Å². The molecule has 0 fully saturated rings. The Balaban J connectivity index is 2.01. The summed E-state index contributed by atoms with van der Waals surface area (Å²) in [5, 5.41) is 8.97. The molecule has 124 valence electrons. The first kappa shape index (κ1) is 16.3. The lowest BCUT2D eigenvalue weighted by Crippen LogP contribution is -2.28. The maximum Gasteiger partial charge on any atom is 0.278 e. The Morgan fingerprint density at radius 3 is 2.78 bits per heavy atom. The summed E-state index contributed by atoms with van der Waals surface area (Å²) in [5.41, 5.74) is 1.35. The van der Waals surface area contributed by atoms with Crippen LogP contribution in [0.15, 0.2) is 4.79 Å². The molecule has 1 aliphatic rings. The Hall–Kier alpha value is -1.56. The first-order valence-corrected chi connectivity index (χ1v) is 8.96. The summed E-state index contributed by atoms with van der Waals surface area (Å²) >= 11 is 1.61. The molecule has 5 nitrogen and oxygen atoms in total. The topological polar surface area (TPSA) is 64.8 Å². The zero-order chi connectivity index (χ0) is 16.8. The average Bonchev–Trinajstić information content (AvgIpc) is 2.83. The maximum atomic E-state index is 12.7. The number of ketones is 1. The van der Waals surface area contributed by atoms with Crippen molar-refractivity contribution in [1.82, 2.24) is 15.0 Å². The summed E-state index contributed by atoms with van der Waals surface area (Å²) in [6.07, 6.45) is 3.38. The van der Waals surface area contributed by atoms with Crippen molar-refractivity contribution in [3.8, 4) is 0 Å². The van der Waals surface area contributed by atoms with E-state index in [2.05, 4.69) is 31.1 Å². The molecule has 0 saturated carbocycles. The highest BCUT2D eigenvalue weighted by molar-refractivity contribution is 7.18. The van der Waals surface area contributed by atoms with Gasteiger partial charge < -0.3 is 0 Å². The molecule has 0 aliphatic heterocycles. The van der Waals surface area contributed by atoms with Gasteiger partial charge >= 0.3 is 0 Å². The second-order valence-corrected chi connectivity index (χ2v) is 8.64. The fourth-order valence-electron chi connectivity index (χ4n) is 3.28. The summed E-state index contributed by atoms with van der Waals surface area (Å²) in [6.45, 7) is 8.68. The molecule has 0 aromatic carbocycles. The van der Waals surface area contributed by atoms with Gasteiger partial charge in [-0.05, 0) is 43.1 Å². The van der Waals surface area contributed by atoms with Crippen LogP contribution < -0.4 is 5.56 Å². The SMILES string of the molecule is CC(=O)CCn1nnc2sc3c(c2c1=O)CCC(C(C)(C)C)C3. The molecule has 0 saturated heterocycles. The second kappa shape index (κ2) is 5.82. The number of aryl methyl sites for hydroxylation is 2. The Bertz CT molecular complexity index is 814. The van der Waals surface area contributed by atoms with Crippen molar-refractivity contribution >= 4 is 27.3 Å². The van der Waals surface area contributed by atoms with Crippen LogP contribution in [0, 0.1) is 11.3 Å². The van der Waals surface area contributed by atoms with E-state index < -0.39 is 0 Å². The molecule has 3 rings (SSSR count). The Kier molecular flexibility index (Phi) is 4.12. The standard InChI is InChI=1S/C17H23N3O2S/c1-10(21)7-8-20-16(22)14-12-6-5-11(17(2,3)4)9-13(12)23-15(14)18-19-20/h11H,5-9H2,1-4H3. The lowest BCUT2D eigenvalue weighted by Gasteiger charge is -2.33. The number of hydrogen-bond donors (Lipinski definition) is 0. The minimum atomic E-state index is -0.0945. The highest BCUT2D eigenvalue weighted by Gasteiger charge is 2.31. The van der Waals surface area contributed by atoms with Crippen LogP contribution in [0.3, 0.4) is 0 Å². The lowest BCUT2D eigenvalue weighted by molar-refractivity contribution is -0.117. The lowest BCUT2D eigenvalue weighted by atomic mass is 9.72. The van der Waals surface area contributed by atoms with Crippen LogP contribution in [0.5, 0.6) is 0 Å². The molecule has 1 atom stereocenters. The highest BCUT2D eigenvalue weighted by Crippen LogP contribution is 2.41. The van der Waals surface area contributed by atoms with Gasteiger partial charge in [-0.3, -0.25) is 9.59 Å². The molecule has 0 bridgehead atoms. The molecule has 6 heteroatoms. The average molecular weight is 333 g/mol. The van der Waals surface area contributed by atoms with Gasteiger partial charge in [-0.1, -0.05) is 26.0 Å². The zero-order valence-corrected chi connectivity index (χ0v) is 15.0. The zero-order valence-electron chi connectivity index (χ0n) is 14.2. The van der Waals surface area contributed by atoms with Crippen LogP contribution in [-0.4, -0.2) is 20.8 Å². The third-order valence-corrected chi connectivity index (χ3v) is 5.98. The van der Waals surface area contributed by atoms with E-state index in [9.17, 15) is 9.59 Å². The van der Waals surface area contributed by atoms with Crippen LogP contribution in [0.2, 0.25) is 0 Å². The first-order valence-electron chi connectivity index (χ1n) is 8.15. The van der Waals surface area contributed by atoms with E-state index in [4.69, 9.17) is 0 Å². The molecular weight excluding hydrogens is 310 g/mol. The Labute approximate surface area is 139 Å². The fourth-order valence-corrected chi connectivity index (χ4v) is 4.51. The minimum absolute atomic E-state index is 0.0548. The second-order valence-electron chi connectivity index (χ2n) is 7.56. The number of rotatable bonds is 3. The van der Waals surface area contributed by atoms with E-state index in [1.54, 1.807) is 11.3 Å². The van der Waals surface area contributed by atoms with E-state index in [1.165, 1.54) is 22.0 Å². The molecule has 23 heavy (non-hydrogen) atoms. The summed E-state index contributed by atoms with van der Waals surface area (Å²) in [5.74, 6) is 0.690. The van der Waals surface area contributed by atoms with Crippen LogP contribution in [0.1, 0.15) is 51.0 Å². The minimum Gasteiger partial charge on any atom is -0.300 e. The van der Waals surface area contributed by atoms with Gasteiger partial charge in [-0.15, -0.1) is 16.4 Å². The van der Waals surface area contributed by atoms with Gasteiger partial charge in [0, 0.05) is 11.3 Å². The molecule has 1 aliphatic carbocycles. The monoisotopic (exact) mass is 333 g/mol. The molecule has 0 radical (unpaired) electrons. The van der Waals surface area contributed by atoms with Crippen molar-refractivity contribution < 1.29 is 4.79 Å². The van der Waals surface area contributed by atoms with Crippen molar-refractivity contribution in [3.63, 3.8) is 0 Å². The van der Waals surface area contributed by atoms with Crippen LogP contribution >= 0.6 is 11.3 Å². The number of Topliss-reactive ketones (excluding diaryl/α,β-unsaturated/α-hetero) is 1.